The van der Waals surface area contributed by atoms with Gasteiger partial charge in [-0.2, -0.15) is 0 Å². The summed E-state index contributed by atoms with van der Waals surface area (Å²) in [6.45, 7) is 12.2. The summed E-state index contributed by atoms with van der Waals surface area (Å²) in [5.41, 5.74) is 0. The first kappa shape index (κ1) is 12.1. The third-order valence-corrected chi connectivity index (χ3v) is 4.95. The molecule has 0 N–H and O–H groups in total. The Kier molecular flexibility index (Phi) is 6.64. The summed E-state index contributed by atoms with van der Waals surface area (Å²) in [6, 6.07) is 0. The molecule has 0 aliphatic heterocycles. The van der Waals surface area contributed by atoms with Crippen molar-refractivity contribution in [1.82, 2.24) is 0 Å². The third-order valence-electron chi connectivity index (χ3n) is 1.24. The molecule has 0 amide bonds. The predicted molar refractivity (Wildman–Crippen MR) is 58.7 cm³/mol. The molecule has 0 unspecified atom stereocenters. The van der Waals surface area contributed by atoms with Crippen molar-refractivity contribution >= 4 is 19.5 Å². The van der Waals surface area contributed by atoms with Gasteiger partial charge in [0.05, 0.1) is 0 Å². The van der Waals surface area contributed by atoms with Gasteiger partial charge < -0.3 is 8.85 Å². The van der Waals surface area contributed by atoms with Gasteiger partial charge in [-0.25, -0.2) is 0 Å². The van der Waals surface area contributed by atoms with Crippen LogP contribution in [0, 0.1) is 0 Å². The molecule has 0 radical (unpaired) electrons. The average Bonchev–Trinajstić information content (AvgIpc) is 1.96. The molecule has 0 heterocycles. The van der Waals surface area contributed by atoms with Crippen molar-refractivity contribution in [2.24, 2.45) is 0 Å². The summed E-state index contributed by atoms with van der Waals surface area (Å²) in [7, 11) is -1.02. The highest BCUT2D eigenvalue weighted by atomic mass is 28.3. The Morgan fingerprint density at radius 2 is 1.33 bits per heavy atom. The lowest BCUT2D eigenvalue weighted by molar-refractivity contribution is 0.252. The maximum atomic E-state index is 5.53. The number of rotatable bonds is 6. The molecule has 0 aliphatic carbocycles. The highest BCUT2D eigenvalue weighted by Gasteiger charge is 2.01. The fourth-order valence-electron chi connectivity index (χ4n) is 0.611. The van der Waals surface area contributed by atoms with E-state index in [1.54, 1.807) is 0 Å². The van der Waals surface area contributed by atoms with E-state index in [0.29, 0.717) is 12.2 Å². The lowest BCUT2D eigenvalue weighted by atomic mass is 10.5. The van der Waals surface area contributed by atoms with Gasteiger partial charge in [-0.05, 0) is 27.7 Å². The molecule has 0 spiro atoms. The molecule has 0 aliphatic rings. The van der Waals surface area contributed by atoms with Crippen LogP contribution in [0.5, 0.6) is 0 Å². The molecular weight excluding hydrogens is 184 g/mol. The molecule has 0 rings (SSSR count). The van der Waals surface area contributed by atoms with E-state index in [4.69, 9.17) is 8.85 Å². The smallest absolute Gasteiger partial charge is 0.186 e. The number of hydrogen-bond acceptors (Lipinski definition) is 2. The first-order chi connectivity index (χ1) is 5.52. The predicted octanol–water partition coefficient (Wildman–Crippen LogP) is 0.475. The van der Waals surface area contributed by atoms with Gasteiger partial charge in [0.25, 0.3) is 0 Å². The molecule has 2 nitrogen and oxygen atoms in total. The SMILES string of the molecule is C=C([SiH2]OC(C)C)[SiH2]OC(C)C. The van der Waals surface area contributed by atoms with E-state index < -0.39 is 19.5 Å². The molecule has 12 heavy (non-hydrogen) atoms. The van der Waals surface area contributed by atoms with E-state index in [-0.39, 0.29) is 0 Å². The van der Waals surface area contributed by atoms with Crippen LogP contribution in [0.15, 0.2) is 11.4 Å². The van der Waals surface area contributed by atoms with E-state index >= 15 is 0 Å². The van der Waals surface area contributed by atoms with Crippen LogP contribution in [0.25, 0.3) is 0 Å². The standard InChI is InChI=1S/C8H20O2Si2/c1-6(2)9-11-8(5)12-10-7(3)4/h6-7H,5,11-12H2,1-4H3. The fourth-order valence-corrected chi connectivity index (χ4v) is 2.79. The zero-order chi connectivity index (χ0) is 9.56. The molecule has 0 atom stereocenters. The van der Waals surface area contributed by atoms with Crippen LogP contribution in [-0.4, -0.2) is 31.7 Å². The third kappa shape index (κ3) is 8.19. The Hall–Kier alpha value is 0.0938. The van der Waals surface area contributed by atoms with E-state index in [0.717, 1.165) is 0 Å². The minimum absolute atomic E-state index is 0.349. The largest absolute Gasteiger partial charge is 0.417 e. The molecule has 0 saturated heterocycles. The molecule has 0 aromatic rings. The van der Waals surface area contributed by atoms with Crippen LogP contribution in [-0.2, 0) is 8.85 Å². The summed E-state index contributed by atoms with van der Waals surface area (Å²) in [5.74, 6) is 0. The highest BCUT2D eigenvalue weighted by molar-refractivity contribution is 6.62. The lowest BCUT2D eigenvalue weighted by Crippen LogP contribution is -2.17. The Morgan fingerprint density at radius 3 is 1.58 bits per heavy atom. The van der Waals surface area contributed by atoms with Crippen molar-refractivity contribution in [3.63, 3.8) is 0 Å². The van der Waals surface area contributed by atoms with Crippen molar-refractivity contribution in [3.05, 3.63) is 11.4 Å². The van der Waals surface area contributed by atoms with Gasteiger partial charge in [-0.1, -0.05) is 4.82 Å². The average molecular weight is 204 g/mol. The van der Waals surface area contributed by atoms with E-state index in [2.05, 4.69) is 34.3 Å². The molecule has 72 valence electrons. The van der Waals surface area contributed by atoms with Gasteiger partial charge in [0, 0.05) is 12.2 Å². The Bertz CT molecular complexity index is 121. The highest BCUT2D eigenvalue weighted by Crippen LogP contribution is 1.94. The van der Waals surface area contributed by atoms with Crippen molar-refractivity contribution in [1.29, 1.82) is 0 Å². The Morgan fingerprint density at radius 1 is 1.00 bits per heavy atom. The molecule has 0 fully saturated rings. The molecule has 0 aromatic carbocycles. The summed E-state index contributed by atoms with van der Waals surface area (Å²) < 4.78 is 11.1. The van der Waals surface area contributed by atoms with Crippen LogP contribution in [0.3, 0.4) is 0 Å². The Balaban J connectivity index is 3.34. The monoisotopic (exact) mass is 204 g/mol. The maximum absolute atomic E-state index is 5.53. The van der Waals surface area contributed by atoms with Gasteiger partial charge in [0.15, 0.2) is 19.5 Å². The normalized spacial score (nSPS) is 13.2. The maximum Gasteiger partial charge on any atom is 0.186 e. The lowest BCUT2D eigenvalue weighted by Gasteiger charge is -2.11. The van der Waals surface area contributed by atoms with E-state index in [1.807, 2.05) is 0 Å². The summed E-state index contributed by atoms with van der Waals surface area (Å²) in [4.78, 5) is 1.28. The first-order valence-corrected chi connectivity index (χ1v) is 6.99. The molecule has 4 heteroatoms. The van der Waals surface area contributed by atoms with Crippen molar-refractivity contribution in [3.8, 4) is 0 Å². The summed E-state index contributed by atoms with van der Waals surface area (Å²) in [5, 5.41) is 0. The van der Waals surface area contributed by atoms with Crippen molar-refractivity contribution in [2.75, 3.05) is 0 Å². The van der Waals surface area contributed by atoms with Crippen LogP contribution in [0.4, 0.5) is 0 Å². The second-order valence-electron chi connectivity index (χ2n) is 3.47. The van der Waals surface area contributed by atoms with Crippen LogP contribution in [0.2, 0.25) is 0 Å². The van der Waals surface area contributed by atoms with Gasteiger partial charge in [0.1, 0.15) is 0 Å². The van der Waals surface area contributed by atoms with Gasteiger partial charge in [-0.3, -0.25) is 0 Å². The van der Waals surface area contributed by atoms with Crippen molar-refractivity contribution in [2.45, 2.75) is 39.9 Å². The summed E-state index contributed by atoms with van der Waals surface area (Å²) in [6.07, 6.45) is 0.697. The fraction of sp³-hybridized carbons (Fsp3) is 0.750. The molecule has 0 saturated carbocycles. The minimum atomic E-state index is -0.512. The van der Waals surface area contributed by atoms with Crippen LogP contribution in [0.1, 0.15) is 27.7 Å². The zero-order valence-electron chi connectivity index (χ0n) is 8.59. The topological polar surface area (TPSA) is 18.5 Å². The van der Waals surface area contributed by atoms with Gasteiger partial charge >= 0.3 is 0 Å². The minimum Gasteiger partial charge on any atom is -0.417 e. The first-order valence-electron chi connectivity index (χ1n) is 4.42. The second kappa shape index (κ2) is 6.59. The van der Waals surface area contributed by atoms with E-state index in [1.165, 1.54) is 4.82 Å². The van der Waals surface area contributed by atoms with Gasteiger partial charge in [-0.15, -0.1) is 6.58 Å². The van der Waals surface area contributed by atoms with Crippen LogP contribution < -0.4 is 0 Å². The van der Waals surface area contributed by atoms with Crippen molar-refractivity contribution < 1.29 is 8.85 Å². The molecule has 0 aromatic heterocycles. The number of hydrogen-bond donors (Lipinski definition) is 0. The van der Waals surface area contributed by atoms with Gasteiger partial charge in [0.2, 0.25) is 0 Å². The molecular formula is C8H20O2Si2. The molecule has 0 bridgehead atoms. The Labute approximate surface area is 80.2 Å². The summed E-state index contributed by atoms with van der Waals surface area (Å²) >= 11 is 0. The second-order valence-corrected chi connectivity index (χ2v) is 7.71. The zero-order valence-corrected chi connectivity index (χ0v) is 11.4. The quantitative estimate of drug-likeness (QED) is 0.586. The van der Waals surface area contributed by atoms with Crippen LogP contribution >= 0.6 is 0 Å². The van der Waals surface area contributed by atoms with E-state index in [9.17, 15) is 0 Å².